The molecule has 0 amide bonds. The van der Waals surface area contributed by atoms with Crippen LogP contribution in [0.2, 0.25) is 0 Å². The molecule has 0 N–H and O–H groups in total. The third kappa shape index (κ3) is 4.72. The molecule has 0 heterocycles. The van der Waals surface area contributed by atoms with Gasteiger partial charge in [-0.15, -0.1) is 0 Å². The van der Waals surface area contributed by atoms with E-state index in [9.17, 15) is 4.79 Å². The molecule has 18 heavy (non-hydrogen) atoms. The Morgan fingerprint density at radius 3 is 2.11 bits per heavy atom. The van der Waals surface area contributed by atoms with Crippen molar-refractivity contribution in [2.45, 2.75) is 89.6 Å². The number of ketones is 1. The van der Waals surface area contributed by atoms with E-state index in [1.54, 1.807) is 7.11 Å². The molecule has 2 nitrogen and oxygen atoms in total. The van der Waals surface area contributed by atoms with Crippen LogP contribution in [0, 0.1) is 0 Å². The van der Waals surface area contributed by atoms with Gasteiger partial charge >= 0.3 is 0 Å². The first kappa shape index (κ1) is 15.7. The average Bonchev–Trinajstić information content (AvgIpc) is 2.87. The summed E-state index contributed by atoms with van der Waals surface area (Å²) in [6, 6.07) is 0. The van der Waals surface area contributed by atoms with Gasteiger partial charge < -0.3 is 4.74 Å². The van der Waals surface area contributed by atoms with Gasteiger partial charge in [0.15, 0.2) is 5.78 Å². The molecule has 0 saturated heterocycles. The van der Waals surface area contributed by atoms with Crippen LogP contribution in [0.1, 0.15) is 84.0 Å². The molecular formula is C16H30O2. The Labute approximate surface area is 112 Å². The molecule has 1 aliphatic rings. The fourth-order valence-electron chi connectivity index (χ4n) is 3.01. The number of hydrogen-bond donors (Lipinski definition) is 0. The monoisotopic (exact) mass is 254 g/mol. The molecule has 1 rings (SSSR count). The Morgan fingerprint density at radius 1 is 1.00 bits per heavy atom. The minimum atomic E-state index is -0.401. The Kier molecular flexibility index (Phi) is 7.57. The highest BCUT2D eigenvalue weighted by molar-refractivity contribution is 5.87. The van der Waals surface area contributed by atoms with Crippen molar-refractivity contribution >= 4 is 5.78 Å². The molecule has 0 aromatic rings. The van der Waals surface area contributed by atoms with Crippen molar-refractivity contribution in [3.63, 3.8) is 0 Å². The highest BCUT2D eigenvalue weighted by Gasteiger charge is 2.40. The maximum Gasteiger partial charge on any atom is 0.164 e. The van der Waals surface area contributed by atoms with E-state index in [0.29, 0.717) is 5.78 Å². The number of Topliss-reactive ketones (excluding diaryl/α,β-unsaturated/α-hetero) is 1. The van der Waals surface area contributed by atoms with Crippen LogP contribution in [-0.4, -0.2) is 18.5 Å². The lowest BCUT2D eigenvalue weighted by molar-refractivity contribution is -0.140. The Balaban J connectivity index is 2.09. The van der Waals surface area contributed by atoms with Crippen LogP contribution < -0.4 is 0 Å². The highest BCUT2D eigenvalue weighted by atomic mass is 16.5. The van der Waals surface area contributed by atoms with E-state index in [1.165, 1.54) is 38.5 Å². The number of hydrogen-bond acceptors (Lipinski definition) is 2. The van der Waals surface area contributed by atoms with Crippen LogP contribution in [0.3, 0.4) is 0 Å². The van der Waals surface area contributed by atoms with Crippen LogP contribution in [0.4, 0.5) is 0 Å². The fraction of sp³-hybridized carbons (Fsp3) is 0.938. The molecule has 1 aliphatic carbocycles. The smallest absolute Gasteiger partial charge is 0.164 e. The molecule has 0 aliphatic heterocycles. The second-order valence-electron chi connectivity index (χ2n) is 5.70. The number of unbranched alkanes of at least 4 members (excludes halogenated alkanes) is 6. The molecule has 0 aromatic carbocycles. The number of carbonyl (C=O) groups excluding carboxylic acids is 1. The topological polar surface area (TPSA) is 26.3 Å². The van der Waals surface area contributed by atoms with Gasteiger partial charge in [-0.1, -0.05) is 45.4 Å². The summed E-state index contributed by atoms with van der Waals surface area (Å²) in [4.78, 5) is 12.2. The maximum atomic E-state index is 12.2. The van der Waals surface area contributed by atoms with Crippen LogP contribution >= 0.6 is 0 Å². The zero-order valence-electron chi connectivity index (χ0n) is 12.3. The lowest BCUT2D eigenvalue weighted by atomic mass is 9.92. The van der Waals surface area contributed by atoms with Crippen LogP contribution in [0.25, 0.3) is 0 Å². The molecule has 1 fully saturated rings. The molecule has 0 unspecified atom stereocenters. The summed E-state index contributed by atoms with van der Waals surface area (Å²) in [5, 5.41) is 0. The van der Waals surface area contributed by atoms with Crippen LogP contribution in [0.15, 0.2) is 0 Å². The van der Waals surface area contributed by atoms with Gasteiger partial charge in [-0.05, 0) is 32.1 Å². The van der Waals surface area contributed by atoms with Crippen molar-refractivity contribution in [2.24, 2.45) is 0 Å². The van der Waals surface area contributed by atoms with Gasteiger partial charge in [0, 0.05) is 13.5 Å². The quantitative estimate of drug-likeness (QED) is 0.530. The normalized spacial score (nSPS) is 18.1. The minimum Gasteiger partial charge on any atom is -0.370 e. The number of rotatable bonds is 10. The molecule has 0 spiro atoms. The fourth-order valence-corrected chi connectivity index (χ4v) is 3.01. The largest absolute Gasteiger partial charge is 0.370 e. The summed E-state index contributed by atoms with van der Waals surface area (Å²) in [6.07, 6.45) is 13.8. The molecule has 0 bridgehead atoms. The van der Waals surface area contributed by atoms with Gasteiger partial charge in [-0.3, -0.25) is 4.79 Å². The summed E-state index contributed by atoms with van der Waals surface area (Å²) >= 11 is 0. The lowest BCUT2D eigenvalue weighted by Crippen LogP contribution is -2.37. The lowest BCUT2D eigenvalue weighted by Gasteiger charge is -2.25. The van der Waals surface area contributed by atoms with Crippen LogP contribution in [-0.2, 0) is 9.53 Å². The van der Waals surface area contributed by atoms with Crippen molar-refractivity contribution in [3.05, 3.63) is 0 Å². The first-order chi connectivity index (χ1) is 8.75. The van der Waals surface area contributed by atoms with E-state index in [-0.39, 0.29) is 0 Å². The van der Waals surface area contributed by atoms with E-state index >= 15 is 0 Å². The van der Waals surface area contributed by atoms with Crippen LogP contribution in [0.5, 0.6) is 0 Å². The zero-order chi connectivity index (χ0) is 13.3. The van der Waals surface area contributed by atoms with E-state index in [2.05, 4.69) is 6.92 Å². The van der Waals surface area contributed by atoms with Gasteiger partial charge in [0.25, 0.3) is 0 Å². The standard InChI is InChI=1S/C16H30O2/c1-3-4-5-6-7-8-9-12-15(17)16(18-2)13-10-11-14-16/h3-14H2,1-2H3. The van der Waals surface area contributed by atoms with Gasteiger partial charge in [0.2, 0.25) is 0 Å². The molecule has 106 valence electrons. The van der Waals surface area contributed by atoms with Gasteiger partial charge in [0.05, 0.1) is 0 Å². The summed E-state index contributed by atoms with van der Waals surface area (Å²) in [6.45, 7) is 2.24. The molecule has 0 atom stereocenters. The second-order valence-corrected chi connectivity index (χ2v) is 5.70. The maximum absolute atomic E-state index is 12.2. The average molecular weight is 254 g/mol. The minimum absolute atomic E-state index is 0.357. The third-order valence-corrected chi connectivity index (χ3v) is 4.32. The molecule has 1 saturated carbocycles. The summed E-state index contributed by atoms with van der Waals surface area (Å²) in [7, 11) is 1.70. The highest BCUT2D eigenvalue weighted by Crippen LogP contribution is 2.34. The summed E-state index contributed by atoms with van der Waals surface area (Å²) in [5.74, 6) is 0.357. The van der Waals surface area contributed by atoms with E-state index in [4.69, 9.17) is 4.74 Å². The van der Waals surface area contributed by atoms with Crippen molar-refractivity contribution in [1.82, 2.24) is 0 Å². The van der Waals surface area contributed by atoms with E-state index in [1.807, 2.05) is 0 Å². The molecule has 2 heteroatoms. The van der Waals surface area contributed by atoms with Gasteiger partial charge in [-0.2, -0.15) is 0 Å². The summed E-state index contributed by atoms with van der Waals surface area (Å²) < 4.78 is 5.52. The second kappa shape index (κ2) is 8.68. The van der Waals surface area contributed by atoms with E-state index < -0.39 is 5.60 Å². The van der Waals surface area contributed by atoms with Crippen molar-refractivity contribution in [3.8, 4) is 0 Å². The summed E-state index contributed by atoms with van der Waals surface area (Å²) in [5.41, 5.74) is -0.401. The van der Waals surface area contributed by atoms with Crippen molar-refractivity contribution in [2.75, 3.05) is 7.11 Å². The Hall–Kier alpha value is -0.370. The predicted molar refractivity (Wildman–Crippen MR) is 75.8 cm³/mol. The Morgan fingerprint density at radius 2 is 1.56 bits per heavy atom. The van der Waals surface area contributed by atoms with Crippen molar-refractivity contribution < 1.29 is 9.53 Å². The predicted octanol–water partition coefficient (Wildman–Crippen LogP) is 4.66. The van der Waals surface area contributed by atoms with E-state index in [0.717, 1.165) is 38.5 Å². The van der Waals surface area contributed by atoms with Crippen molar-refractivity contribution in [1.29, 1.82) is 0 Å². The molecule has 0 aromatic heterocycles. The molecule has 0 radical (unpaired) electrons. The number of ether oxygens (including phenoxy) is 1. The third-order valence-electron chi connectivity index (χ3n) is 4.32. The Bertz CT molecular complexity index is 229. The first-order valence-corrected chi connectivity index (χ1v) is 7.83. The SMILES string of the molecule is CCCCCCCCCC(=O)C1(OC)CCCC1. The first-order valence-electron chi connectivity index (χ1n) is 7.83. The molecular weight excluding hydrogens is 224 g/mol. The number of carbonyl (C=O) groups is 1. The van der Waals surface area contributed by atoms with Gasteiger partial charge in [0.1, 0.15) is 5.60 Å². The zero-order valence-corrected chi connectivity index (χ0v) is 12.3. The van der Waals surface area contributed by atoms with Gasteiger partial charge in [-0.25, -0.2) is 0 Å². The number of methoxy groups -OCH3 is 1.